The summed E-state index contributed by atoms with van der Waals surface area (Å²) >= 11 is 2.53. The summed E-state index contributed by atoms with van der Waals surface area (Å²) in [5.41, 5.74) is 1.38. The zero-order chi connectivity index (χ0) is 22.0. The molecule has 1 unspecified atom stereocenters. The van der Waals surface area contributed by atoms with E-state index in [1.54, 1.807) is 19.1 Å². The number of nitrogens with two attached hydrogens (primary N) is 1. The number of nitrogen functional groups attached to an aromatic ring is 1. The molecule has 2 heterocycles. The number of thiazole rings is 1. The summed E-state index contributed by atoms with van der Waals surface area (Å²) in [4.78, 5) is 17.0. The van der Waals surface area contributed by atoms with E-state index in [0.717, 1.165) is 22.0 Å². The van der Waals surface area contributed by atoms with Gasteiger partial charge in [0.15, 0.2) is 11.0 Å². The molecule has 0 fully saturated rings. The number of nitrogens with one attached hydrogen (secondary N) is 1. The Morgan fingerprint density at radius 2 is 1.94 bits per heavy atom. The number of aromatic nitrogens is 4. The van der Waals surface area contributed by atoms with Gasteiger partial charge in [0.1, 0.15) is 5.75 Å². The summed E-state index contributed by atoms with van der Waals surface area (Å²) in [6.45, 7) is -1.18. The fourth-order valence-corrected chi connectivity index (χ4v) is 4.32. The van der Waals surface area contributed by atoms with E-state index in [-0.39, 0.29) is 11.7 Å². The minimum absolute atomic E-state index is 0.0246. The second kappa shape index (κ2) is 8.86. The van der Waals surface area contributed by atoms with Gasteiger partial charge in [-0.15, -0.1) is 10.2 Å². The van der Waals surface area contributed by atoms with Gasteiger partial charge >= 0.3 is 6.61 Å². The van der Waals surface area contributed by atoms with Gasteiger partial charge in [0.25, 0.3) is 0 Å². The Balaban J connectivity index is 1.43. The summed E-state index contributed by atoms with van der Waals surface area (Å²) in [6.07, 6.45) is 0. The number of thioether (sulfide) groups is 1. The van der Waals surface area contributed by atoms with Crippen LogP contribution in [0.25, 0.3) is 21.6 Å². The molecule has 2 aromatic carbocycles. The van der Waals surface area contributed by atoms with Crippen LogP contribution in [0.3, 0.4) is 0 Å². The third-order valence-corrected chi connectivity index (χ3v) is 6.19. The fraction of sp³-hybridized carbons (Fsp3) is 0.158. The molecule has 0 saturated heterocycles. The Hall–Kier alpha value is -3.25. The van der Waals surface area contributed by atoms with Crippen LogP contribution in [0.5, 0.6) is 5.75 Å². The highest BCUT2D eigenvalue weighted by Crippen LogP contribution is 2.29. The molecule has 12 heteroatoms. The summed E-state index contributed by atoms with van der Waals surface area (Å²) in [5.74, 6) is 6.18. The highest BCUT2D eigenvalue weighted by Gasteiger charge is 2.21. The smallest absolute Gasteiger partial charge is 0.387 e. The second-order valence-electron chi connectivity index (χ2n) is 6.32. The number of rotatable bonds is 7. The van der Waals surface area contributed by atoms with Crippen molar-refractivity contribution in [2.24, 2.45) is 0 Å². The van der Waals surface area contributed by atoms with E-state index in [1.165, 1.54) is 28.1 Å². The summed E-state index contributed by atoms with van der Waals surface area (Å²) in [6, 6.07) is 13.5. The lowest BCUT2D eigenvalue weighted by Crippen LogP contribution is -2.23. The Kier molecular flexibility index (Phi) is 6.00. The number of carbonyl (C=O) groups is 1. The van der Waals surface area contributed by atoms with Crippen molar-refractivity contribution in [3.05, 3.63) is 48.5 Å². The largest absolute Gasteiger partial charge is 0.435 e. The molecule has 0 radical (unpaired) electrons. The average molecular weight is 463 g/mol. The van der Waals surface area contributed by atoms with E-state index in [2.05, 4.69) is 25.2 Å². The molecule has 31 heavy (non-hydrogen) atoms. The lowest BCUT2D eigenvalue weighted by atomic mass is 10.2. The molecule has 4 rings (SSSR count). The third kappa shape index (κ3) is 4.75. The standard InChI is InChI=1S/C19H16F2N6O2S2/c1-10(16(28)24-18-23-13-4-2-3-5-14(13)31-18)30-19-26-25-15(27(19)22)11-6-8-12(9-7-11)29-17(20)21/h2-10,17H,22H2,1H3,(H,23,24,28). The van der Waals surface area contributed by atoms with E-state index in [4.69, 9.17) is 5.84 Å². The van der Waals surface area contributed by atoms with Gasteiger partial charge in [0.05, 0.1) is 15.5 Å². The number of hydrogen-bond donors (Lipinski definition) is 2. The van der Waals surface area contributed by atoms with Gasteiger partial charge in [-0.1, -0.05) is 35.2 Å². The number of alkyl halides is 2. The van der Waals surface area contributed by atoms with E-state index >= 15 is 0 Å². The van der Waals surface area contributed by atoms with Crippen molar-refractivity contribution in [3.8, 4) is 17.1 Å². The number of amides is 1. The number of nitrogens with zero attached hydrogens (tertiary/aromatic N) is 4. The highest BCUT2D eigenvalue weighted by atomic mass is 32.2. The number of carbonyl (C=O) groups excluding carboxylic acids is 1. The molecule has 0 saturated carbocycles. The van der Waals surface area contributed by atoms with E-state index in [9.17, 15) is 13.6 Å². The number of anilines is 1. The van der Waals surface area contributed by atoms with Gasteiger partial charge in [-0.25, -0.2) is 9.66 Å². The van der Waals surface area contributed by atoms with Crippen molar-refractivity contribution in [1.82, 2.24) is 19.9 Å². The number of hydrogen-bond acceptors (Lipinski definition) is 8. The lowest BCUT2D eigenvalue weighted by Gasteiger charge is -2.10. The maximum absolute atomic E-state index is 12.6. The molecule has 0 aliphatic heterocycles. The highest BCUT2D eigenvalue weighted by molar-refractivity contribution is 8.00. The lowest BCUT2D eigenvalue weighted by molar-refractivity contribution is -0.115. The maximum atomic E-state index is 12.6. The van der Waals surface area contributed by atoms with Gasteiger partial charge in [-0.2, -0.15) is 8.78 Å². The summed E-state index contributed by atoms with van der Waals surface area (Å²) in [5, 5.41) is 11.2. The fourth-order valence-electron chi connectivity index (χ4n) is 2.68. The number of benzene rings is 2. The molecule has 160 valence electrons. The van der Waals surface area contributed by atoms with Crippen LogP contribution in [0, 0.1) is 0 Å². The Morgan fingerprint density at radius 1 is 1.19 bits per heavy atom. The summed E-state index contributed by atoms with van der Waals surface area (Å²) < 4.78 is 31.1. The molecule has 0 aliphatic rings. The van der Waals surface area contributed by atoms with Crippen LogP contribution in [0.1, 0.15) is 6.92 Å². The number of fused-ring (bicyclic) bond motifs is 1. The Bertz CT molecular complexity index is 1180. The molecule has 0 aliphatic carbocycles. The number of ether oxygens (including phenoxy) is 1. The average Bonchev–Trinajstić information content (AvgIpc) is 3.31. The van der Waals surface area contributed by atoms with Crippen LogP contribution in [-0.2, 0) is 4.79 Å². The van der Waals surface area contributed by atoms with Gasteiger partial charge < -0.3 is 15.9 Å². The van der Waals surface area contributed by atoms with Crippen molar-refractivity contribution in [1.29, 1.82) is 0 Å². The SMILES string of the molecule is CC(Sc1nnc(-c2ccc(OC(F)F)cc2)n1N)C(=O)Nc1nc2ccccc2s1. The molecule has 0 bridgehead atoms. The quantitative estimate of drug-likeness (QED) is 0.316. The van der Waals surface area contributed by atoms with Crippen LogP contribution in [0.15, 0.2) is 53.7 Å². The first-order valence-corrected chi connectivity index (χ1v) is 10.7. The number of para-hydroxylation sites is 1. The second-order valence-corrected chi connectivity index (χ2v) is 8.65. The first-order chi connectivity index (χ1) is 14.9. The predicted molar refractivity (Wildman–Crippen MR) is 116 cm³/mol. The first kappa shape index (κ1) is 21.0. The molecule has 1 amide bonds. The van der Waals surface area contributed by atoms with Crippen LogP contribution in [0.2, 0.25) is 0 Å². The Morgan fingerprint density at radius 3 is 2.65 bits per heavy atom. The molecular formula is C19H16F2N6O2S2. The minimum Gasteiger partial charge on any atom is -0.435 e. The maximum Gasteiger partial charge on any atom is 0.387 e. The van der Waals surface area contributed by atoms with Crippen LogP contribution < -0.4 is 15.9 Å². The van der Waals surface area contributed by atoms with Crippen LogP contribution in [0.4, 0.5) is 13.9 Å². The third-order valence-electron chi connectivity index (χ3n) is 4.18. The van der Waals surface area contributed by atoms with Gasteiger partial charge in [-0.05, 0) is 43.3 Å². The minimum atomic E-state index is -2.90. The van der Waals surface area contributed by atoms with Crippen LogP contribution >= 0.6 is 23.1 Å². The van der Waals surface area contributed by atoms with Crippen molar-refractivity contribution in [2.45, 2.75) is 23.9 Å². The van der Waals surface area contributed by atoms with Crippen LogP contribution in [-0.4, -0.2) is 37.6 Å². The number of halogens is 2. The molecule has 4 aromatic rings. The van der Waals surface area contributed by atoms with Gasteiger partial charge in [-0.3, -0.25) is 4.79 Å². The molecule has 0 spiro atoms. The molecule has 3 N–H and O–H groups in total. The normalized spacial score (nSPS) is 12.3. The Labute approximate surface area is 183 Å². The van der Waals surface area contributed by atoms with Crippen molar-refractivity contribution in [3.63, 3.8) is 0 Å². The van der Waals surface area contributed by atoms with E-state index in [1.807, 2.05) is 24.3 Å². The van der Waals surface area contributed by atoms with Gasteiger partial charge in [0.2, 0.25) is 11.1 Å². The molecule has 2 aromatic heterocycles. The van der Waals surface area contributed by atoms with Crippen molar-refractivity contribution >= 4 is 44.4 Å². The molecule has 8 nitrogen and oxygen atoms in total. The molecular weight excluding hydrogens is 446 g/mol. The first-order valence-electron chi connectivity index (χ1n) is 8.99. The van der Waals surface area contributed by atoms with Crippen molar-refractivity contribution < 1.29 is 18.3 Å². The molecule has 1 atom stereocenters. The van der Waals surface area contributed by atoms with E-state index in [0.29, 0.717) is 21.7 Å². The zero-order valence-electron chi connectivity index (χ0n) is 16.0. The van der Waals surface area contributed by atoms with E-state index < -0.39 is 11.9 Å². The summed E-state index contributed by atoms with van der Waals surface area (Å²) in [7, 11) is 0. The zero-order valence-corrected chi connectivity index (χ0v) is 17.7. The topological polar surface area (TPSA) is 108 Å². The predicted octanol–water partition coefficient (Wildman–Crippen LogP) is 3.99. The van der Waals surface area contributed by atoms with Crippen molar-refractivity contribution in [2.75, 3.05) is 11.2 Å². The monoisotopic (exact) mass is 462 g/mol. The van der Waals surface area contributed by atoms with Gasteiger partial charge in [0, 0.05) is 5.56 Å².